The van der Waals surface area contributed by atoms with Gasteiger partial charge in [0.2, 0.25) is 0 Å². The molecule has 3 aromatic rings. The Hall–Kier alpha value is -3.32. The molecule has 0 radical (unpaired) electrons. The molecule has 1 aliphatic rings. The molecule has 0 aromatic heterocycles. The smallest absolute Gasteiger partial charge is 0.399 e. The number of nitrogens with two attached hydrogens (primary N) is 1. The van der Waals surface area contributed by atoms with E-state index < -0.39 is 28.6 Å². The van der Waals surface area contributed by atoms with E-state index in [2.05, 4.69) is 0 Å². The van der Waals surface area contributed by atoms with Gasteiger partial charge in [0, 0.05) is 11.3 Å². The van der Waals surface area contributed by atoms with Crippen LogP contribution in [0.1, 0.15) is 26.3 Å². The third-order valence-corrected chi connectivity index (χ3v) is 4.97. The van der Waals surface area contributed by atoms with Crippen molar-refractivity contribution in [2.75, 3.05) is 10.6 Å². The summed E-state index contributed by atoms with van der Waals surface area (Å²) in [5, 5.41) is -0.435. The highest BCUT2D eigenvalue weighted by atomic mass is 35.5. The SMILES string of the molecule is Nc1ccc2c(c1)C(=O)N(c1ccccc1-c1ccc(Cl)c(C(F)(F)F)c1)C2=O. The number of benzene rings is 3. The van der Waals surface area contributed by atoms with Crippen molar-refractivity contribution in [3.05, 3.63) is 82.4 Å². The van der Waals surface area contributed by atoms with Gasteiger partial charge >= 0.3 is 6.18 Å². The first kappa shape index (κ1) is 19.0. The van der Waals surface area contributed by atoms with Gasteiger partial charge in [-0.25, -0.2) is 4.90 Å². The maximum atomic E-state index is 13.3. The lowest BCUT2D eigenvalue weighted by atomic mass is 10.0. The molecule has 146 valence electrons. The number of fused-ring (bicyclic) bond motifs is 1. The molecule has 0 spiro atoms. The molecule has 0 atom stereocenters. The highest BCUT2D eigenvalue weighted by molar-refractivity contribution is 6.35. The van der Waals surface area contributed by atoms with E-state index in [1.54, 1.807) is 12.1 Å². The largest absolute Gasteiger partial charge is 0.417 e. The van der Waals surface area contributed by atoms with Crippen LogP contribution in [0.15, 0.2) is 60.7 Å². The second-order valence-corrected chi connectivity index (χ2v) is 6.87. The summed E-state index contributed by atoms with van der Waals surface area (Å²) in [6, 6.07) is 14.1. The van der Waals surface area contributed by atoms with Crippen LogP contribution in [0, 0.1) is 0 Å². The van der Waals surface area contributed by atoms with E-state index in [1.807, 2.05) is 0 Å². The maximum absolute atomic E-state index is 13.3. The van der Waals surface area contributed by atoms with Gasteiger partial charge in [-0.1, -0.05) is 35.9 Å². The van der Waals surface area contributed by atoms with Crippen LogP contribution in [0.2, 0.25) is 5.02 Å². The molecule has 2 amide bonds. The number of halogens is 4. The van der Waals surface area contributed by atoms with Crippen molar-refractivity contribution < 1.29 is 22.8 Å². The van der Waals surface area contributed by atoms with Crippen LogP contribution < -0.4 is 10.6 Å². The van der Waals surface area contributed by atoms with Gasteiger partial charge < -0.3 is 5.73 Å². The van der Waals surface area contributed by atoms with Crippen molar-refractivity contribution in [2.45, 2.75) is 6.18 Å². The number of hydrogen-bond donors (Lipinski definition) is 1. The fraction of sp³-hybridized carbons (Fsp3) is 0.0476. The van der Waals surface area contributed by atoms with Crippen LogP contribution in [-0.2, 0) is 6.18 Å². The fourth-order valence-corrected chi connectivity index (χ4v) is 3.52. The molecular formula is C21H12ClF3N2O2. The second-order valence-electron chi connectivity index (χ2n) is 6.46. The van der Waals surface area contributed by atoms with E-state index >= 15 is 0 Å². The summed E-state index contributed by atoms with van der Waals surface area (Å²) in [6.45, 7) is 0. The van der Waals surface area contributed by atoms with E-state index in [1.165, 1.54) is 36.4 Å². The van der Waals surface area contributed by atoms with Crippen molar-refractivity contribution in [1.29, 1.82) is 0 Å². The summed E-state index contributed by atoms with van der Waals surface area (Å²) >= 11 is 5.71. The van der Waals surface area contributed by atoms with Gasteiger partial charge in [0.15, 0.2) is 0 Å². The average molecular weight is 417 g/mol. The molecule has 4 rings (SSSR count). The quantitative estimate of drug-likeness (QED) is 0.449. The highest BCUT2D eigenvalue weighted by Crippen LogP contribution is 2.41. The number of carbonyl (C=O) groups excluding carboxylic acids is 2. The molecule has 1 heterocycles. The fourth-order valence-electron chi connectivity index (χ4n) is 3.30. The predicted molar refractivity (Wildman–Crippen MR) is 104 cm³/mol. The van der Waals surface area contributed by atoms with E-state index in [0.717, 1.165) is 17.0 Å². The van der Waals surface area contributed by atoms with Gasteiger partial charge in [0.05, 0.1) is 27.4 Å². The topological polar surface area (TPSA) is 63.4 Å². The zero-order chi connectivity index (χ0) is 20.9. The Bertz CT molecular complexity index is 1170. The summed E-state index contributed by atoms with van der Waals surface area (Å²) in [5.41, 5.74) is 6.02. The average Bonchev–Trinajstić information content (AvgIpc) is 2.91. The van der Waals surface area contributed by atoms with Crippen LogP contribution in [-0.4, -0.2) is 11.8 Å². The molecule has 0 unspecified atom stereocenters. The molecule has 8 heteroatoms. The van der Waals surface area contributed by atoms with Crippen LogP contribution >= 0.6 is 11.6 Å². The molecule has 2 N–H and O–H groups in total. The molecule has 0 saturated heterocycles. The monoisotopic (exact) mass is 416 g/mol. The molecule has 0 aliphatic carbocycles. The normalized spacial score (nSPS) is 13.7. The first-order valence-electron chi connectivity index (χ1n) is 8.43. The molecular weight excluding hydrogens is 405 g/mol. The number of hydrogen-bond acceptors (Lipinski definition) is 3. The lowest BCUT2D eigenvalue weighted by Crippen LogP contribution is -2.29. The van der Waals surface area contributed by atoms with E-state index in [9.17, 15) is 22.8 Å². The second kappa shape index (κ2) is 6.63. The summed E-state index contributed by atoms with van der Waals surface area (Å²) in [6.07, 6.45) is -4.64. The Labute approximate surface area is 168 Å². The van der Waals surface area contributed by atoms with Crippen molar-refractivity contribution in [2.24, 2.45) is 0 Å². The minimum atomic E-state index is -4.64. The molecule has 4 nitrogen and oxygen atoms in total. The number of anilines is 2. The third kappa shape index (κ3) is 3.13. The van der Waals surface area contributed by atoms with E-state index in [0.29, 0.717) is 5.69 Å². The standard InChI is InChI=1S/C21H12ClF3N2O2/c22-17-8-5-11(9-16(17)21(23,24)25)13-3-1-2-4-18(13)27-19(28)14-7-6-12(26)10-15(14)20(27)29/h1-10H,26H2. The number of para-hydroxylation sites is 1. The Morgan fingerprint density at radius 1 is 0.828 bits per heavy atom. The number of imide groups is 1. The van der Waals surface area contributed by atoms with Crippen molar-refractivity contribution in [1.82, 2.24) is 0 Å². The van der Waals surface area contributed by atoms with Gasteiger partial charge in [-0.3, -0.25) is 9.59 Å². The summed E-state index contributed by atoms with van der Waals surface area (Å²) in [4.78, 5) is 26.7. The van der Waals surface area contributed by atoms with Crippen LogP contribution in [0.25, 0.3) is 11.1 Å². The van der Waals surface area contributed by atoms with Crippen LogP contribution in [0.3, 0.4) is 0 Å². The van der Waals surface area contributed by atoms with Crippen molar-refractivity contribution in [3.63, 3.8) is 0 Å². The van der Waals surface area contributed by atoms with Gasteiger partial charge in [-0.2, -0.15) is 13.2 Å². The maximum Gasteiger partial charge on any atom is 0.417 e. The number of nitrogens with zero attached hydrogens (tertiary/aromatic N) is 1. The zero-order valence-electron chi connectivity index (χ0n) is 14.6. The first-order valence-corrected chi connectivity index (χ1v) is 8.81. The molecule has 0 saturated carbocycles. The number of rotatable bonds is 2. The minimum Gasteiger partial charge on any atom is -0.399 e. The molecule has 29 heavy (non-hydrogen) atoms. The minimum absolute atomic E-state index is 0.150. The zero-order valence-corrected chi connectivity index (χ0v) is 15.4. The van der Waals surface area contributed by atoms with Gasteiger partial charge in [0.1, 0.15) is 0 Å². The Balaban J connectivity index is 1.86. The Morgan fingerprint density at radius 3 is 2.24 bits per heavy atom. The number of nitrogen functional groups attached to an aromatic ring is 1. The van der Waals surface area contributed by atoms with Gasteiger partial charge in [0.25, 0.3) is 11.8 Å². The number of carbonyl (C=O) groups is 2. The lowest BCUT2D eigenvalue weighted by Gasteiger charge is -2.19. The summed E-state index contributed by atoms with van der Waals surface area (Å²) in [7, 11) is 0. The first-order chi connectivity index (χ1) is 13.7. The van der Waals surface area contributed by atoms with Gasteiger partial charge in [-0.15, -0.1) is 0 Å². The predicted octanol–water partition coefficient (Wildman–Crippen LogP) is 5.41. The Kier molecular flexibility index (Phi) is 4.35. The molecule has 0 bridgehead atoms. The number of alkyl halides is 3. The van der Waals surface area contributed by atoms with Crippen molar-refractivity contribution in [3.8, 4) is 11.1 Å². The Morgan fingerprint density at radius 2 is 1.52 bits per heavy atom. The summed E-state index contributed by atoms with van der Waals surface area (Å²) in [5.74, 6) is -1.16. The molecule has 3 aromatic carbocycles. The van der Waals surface area contributed by atoms with Crippen molar-refractivity contribution >= 4 is 34.8 Å². The molecule has 0 fully saturated rings. The van der Waals surface area contributed by atoms with Gasteiger partial charge in [-0.05, 0) is 42.0 Å². The van der Waals surface area contributed by atoms with E-state index in [4.69, 9.17) is 17.3 Å². The summed E-state index contributed by atoms with van der Waals surface area (Å²) < 4.78 is 39.8. The third-order valence-electron chi connectivity index (χ3n) is 4.64. The van der Waals surface area contributed by atoms with E-state index in [-0.39, 0.29) is 27.9 Å². The van der Waals surface area contributed by atoms with Crippen LogP contribution in [0.4, 0.5) is 24.5 Å². The highest BCUT2D eigenvalue weighted by Gasteiger charge is 2.38. The lowest BCUT2D eigenvalue weighted by molar-refractivity contribution is -0.137. The number of amides is 2. The molecule has 1 aliphatic heterocycles. The van der Waals surface area contributed by atoms with Crippen LogP contribution in [0.5, 0.6) is 0 Å².